The van der Waals surface area contributed by atoms with E-state index in [0.29, 0.717) is 28.5 Å². The molecular formula is C25H33ClN8O. The minimum atomic E-state index is -0.0915. The number of halogens is 1. The lowest BCUT2D eigenvalue weighted by molar-refractivity contribution is -0.125. The molecule has 1 aromatic carbocycles. The molecular weight excluding hydrogens is 464 g/mol. The molecule has 4 N–H and O–H groups in total. The molecule has 1 unspecified atom stereocenters. The van der Waals surface area contributed by atoms with Crippen LogP contribution in [-0.2, 0) is 4.79 Å². The fourth-order valence-electron chi connectivity index (χ4n) is 4.62. The van der Waals surface area contributed by atoms with E-state index in [9.17, 15) is 4.79 Å². The third kappa shape index (κ3) is 5.74. The van der Waals surface area contributed by atoms with Crippen molar-refractivity contribution >= 4 is 40.8 Å². The van der Waals surface area contributed by atoms with Gasteiger partial charge in [0, 0.05) is 24.5 Å². The minimum Gasteiger partial charge on any atom is -0.358 e. The summed E-state index contributed by atoms with van der Waals surface area (Å²) in [5.41, 5.74) is 5.63. The van der Waals surface area contributed by atoms with Crippen LogP contribution < -0.4 is 16.0 Å². The van der Waals surface area contributed by atoms with Crippen molar-refractivity contribution in [3.8, 4) is 0 Å². The molecule has 186 valence electrons. The molecule has 0 radical (unpaired) electrons. The van der Waals surface area contributed by atoms with Crippen molar-refractivity contribution in [3.63, 3.8) is 0 Å². The molecule has 0 aliphatic carbocycles. The summed E-state index contributed by atoms with van der Waals surface area (Å²) in [6.45, 7) is 9.98. The lowest BCUT2D eigenvalue weighted by atomic mass is 9.85. The average molecular weight is 497 g/mol. The van der Waals surface area contributed by atoms with E-state index in [1.807, 2.05) is 19.9 Å². The Balaban J connectivity index is 1.46. The zero-order valence-electron chi connectivity index (χ0n) is 20.9. The second-order valence-electron chi connectivity index (χ2n) is 9.20. The molecule has 0 saturated carbocycles. The molecule has 1 atom stereocenters. The van der Waals surface area contributed by atoms with Crippen LogP contribution in [0, 0.1) is 20.8 Å². The van der Waals surface area contributed by atoms with E-state index >= 15 is 0 Å². The van der Waals surface area contributed by atoms with Gasteiger partial charge in [-0.1, -0.05) is 17.7 Å². The van der Waals surface area contributed by atoms with Crippen LogP contribution in [0.3, 0.4) is 0 Å². The van der Waals surface area contributed by atoms with Crippen molar-refractivity contribution in [1.29, 1.82) is 0 Å². The van der Waals surface area contributed by atoms with Crippen LogP contribution in [0.5, 0.6) is 0 Å². The molecule has 3 heterocycles. The number of amides is 1. The number of hydrogen-bond acceptors (Lipinski definition) is 7. The second-order valence-corrected chi connectivity index (χ2v) is 9.61. The first-order valence-electron chi connectivity index (χ1n) is 11.9. The number of aryl methyl sites for hydroxylation is 3. The van der Waals surface area contributed by atoms with Gasteiger partial charge in [0.15, 0.2) is 11.6 Å². The Kier molecular flexibility index (Phi) is 7.57. The number of likely N-dealkylation sites (N-methyl/N-ethyl adjacent to an activating group) is 1. The summed E-state index contributed by atoms with van der Waals surface area (Å²) >= 11 is 6.30. The number of carbonyl (C=O) groups is 1. The quantitative estimate of drug-likeness (QED) is 0.379. The number of carbonyl (C=O) groups excluding carboxylic acids is 1. The summed E-state index contributed by atoms with van der Waals surface area (Å²) in [6.07, 6.45) is 3.65. The van der Waals surface area contributed by atoms with Gasteiger partial charge >= 0.3 is 0 Å². The number of nitrogens with one attached hydrogen (secondary N) is 4. The van der Waals surface area contributed by atoms with Crippen molar-refractivity contribution in [1.82, 2.24) is 30.4 Å². The summed E-state index contributed by atoms with van der Waals surface area (Å²) in [6, 6.07) is 6.21. The van der Waals surface area contributed by atoms with E-state index in [2.05, 4.69) is 67.0 Å². The summed E-state index contributed by atoms with van der Waals surface area (Å²) in [4.78, 5) is 23.2. The molecule has 1 amide bonds. The van der Waals surface area contributed by atoms with Crippen molar-refractivity contribution in [2.75, 3.05) is 30.8 Å². The third-order valence-electron chi connectivity index (χ3n) is 6.70. The zero-order valence-corrected chi connectivity index (χ0v) is 21.6. The van der Waals surface area contributed by atoms with Gasteiger partial charge in [-0.15, -0.1) is 0 Å². The van der Waals surface area contributed by atoms with E-state index in [-0.39, 0.29) is 11.9 Å². The van der Waals surface area contributed by atoms with Crippen LogP contribution in [-0.4, -0.2) is 57.2 Å². The smallest absolute Gasteiger partial charge is 0.236 e. The number of rotatable bonds is 7. The van der Waals surface area contributed by atoms with Crippen molar-refractivity contribution < 1.29 is 4.79 Å². The summed E-state index contributed by atoms with van der Waals surface area (Å²) in [7, 11) is 1.69. The van der Waals surface area contributed by atoms with Crippen LogP contribution in [0.2, 0.25) is 5.02 Å². The van der Waals surface area contributed by atoms with E-state index in [1.165, 1.54) is 11.1 Å². The van der Waals surface area contributed by atoms with Crippen molar-refractivity contribution in [2.45, 2.75) is 52.5 Å². The van der Waals surface area contributed by atoms with Crippen LogP contribution in [0.25, 0.3) is 0 Å². The molecule has 1 saturated heterocycles. The van der Waals surface area contributed by atoms with E-state index in [1.54, 1.807) is 13.2 Å². The van der Waals surface area contributed by atoms with Gasteiger partial charge in [0.2, 0.25) is 11.9 Å². The summed E-state index contributed by atoms with van der Waals surface area (Å²) in [5, 5.41) is 16.7. The predicted octanol–water partition coefficient (Wildman–Crippen LogP) is 4.58. The van der Waals surface area contributed by atoms with Gasteiger partial charge in [0.1, 0.15) is 5.02 Å². The van der Waals surface area contributed by atoms with Crippen LogP contribution >= 0.6 is 11.6 Å². The van der Waals surface area contributed by atoms with Gasteiger partial charge in [-0.25, -0.2) is 4.98 Å². The Morgan fingerprint density at radius 1 is 1.14 bits per heavy atom. The number of nitrogens with zero attached hydrogens (tertiary/aromatic N) is 4. The molecule has 35 heavy (non-hydrogen) atoms. The Bertz CT molecular complexity index is 1200. The number of aromatic amines is 1. The Labute approximate surface area is 211 Å². The Morgan fingerprint density at radius 3 is 2.54 bits per heavy atom. The van der Waals surface area contributed by atoms with Gasteiger partial charge in [-0.05, 0) is 82.3 Å². The average Bonchev–Trinajstić information content (AvgIpc) is 3.26. The number of H-pyrrole nitrogens is 1. The van der Waals surface area contributed by atoms with E-state index in [0.717, 1.165) is 42.9 Å². The lowest BCUT2D eigenvalue weighted by Crippen LogP contribution is -2.47. The highest BCUT2D eigenvalue weighted by atomic mass is 35.5. The minimum absolute atomic E-state index is 0.0770. The number of piperidine rings is 1. The number of likely N-dealkylation sites (tertiary alicyclic amines) is 1. The number of aromatic nitrogens is 4. The van der Waals surface area contributed by atoms with E-state index in [4.69, 9.17) is 11.6 Å². The molecule has 3 aromatic rings. The molecule has 9 nitrogen and oxygen atoms in total. The molecule has 10 heteroatoms. The van der Waals surface area contributed by atoms with Crippen LogP contribution in [0.4, 0.5) is 23.3 Å². The first kappa shape index (κ1) is 24.9. The first-order chi connectivity index (χ1) is 16.7. The molecule has 1 fully saturated rings. The molecule has 0 spiro atoms. The van der Waals surface area contributed by atoms with Gasteiger partial charge in [0.25, 0.3) is 0 Å². The van der Waals surface area contributed by atoms with Gasteiger partial charge in [-0.2, -0.15) is 10.1 Å². The zero-order chi connectivity index (χ0) is 25.1. The standard InChI is InChI=1S/C25H33ClN8O/c1-14-11-21(29-25-28-13-20(26)23(31-25)30-22-12-16(3)32-33-22)15(2)10-19(14)18-6-8-34(9-7-18)17(4)24(35)27-5/h10-13,17-18H,6-9H2,1-5H3,(H,27,35)(H3,28,29,30,31,32,33). The topological polar surface area (TPSA) is 111 Å². The summed E-state index contributed by atoms with van der Waals surface area (Å²) < 4.78 is 0. The molecule has 2 aromatic heterocycles. The SMILES string of the molecule is CNC(=O)C(C)N1CCC(c2cc(C)c(Nc3ncc(Cl)c(Nc4cc(C)[nH]n4)n3)cc2C)CC1. The fraction of sp³-hybridized carbons (Fsp3) is 0.440. The Hall–Kier alpha value is -3.17. The predicted molar refractivity (Wildman–Crippen MR) is 140 cm³/mol. The monoisotopic (exact) mass is 496 g/mol. The van der Waals surface area contributed by atoms with Crippen LogP contribution in [0.15, 0.2) is 24.4 Å². The third-order valence-corrected chi connectivity index (χ3v) is 6.98. The molecule has 0 bridgehead atoms. The van der Waals surface area contributed by atoms with E-state index < -0.39 is 0 Å². The second kappa shape index (κ2) is 10.6. The largest absolute Gasteiger partial charge is 0.358 e. The first-order valence-corrected chi connectivity index (χ1v) is 12.3. The van der Waals surface area contributed by atoms with Crippen molar-refractivity contribution in [2.24, 2.45) is 0 Å². The lowest BCUT2D eigenvalue weighted by Gasteiger charge is -2.36. The molecule has 4 rings (SSSR count). The molecule has 1 aliphatic rings. The molecule has 1 aliphatic heterocycles. The summed E-state index contributed by atoms with van der Waals surface area (Å²) in [5.74, 6) is 2.14. The normalized spacial score (nSPS) is 15.6. The maximum absolute atomic E-state index is 12.0. The number of hydrogen-bond donors (Lipinski definition) is 4. The van der Waals surface area contributed by atoms with Crippen LogP contribution in [0.1, 0.15) is 48.1 Å². The highest BCUT2D eigenvalue weighted by Crippen LogP contribution is 2.34. The number of anilines is 4. The number of benzene rings is 1. The highest BCUT2D eigenvalue weighted by molar-refractivity contribution is 6.32. The highest BCUT2D eigenvalue weighted by Gasteiger charge is 2.27. The maximum Gasteiger partial charge on any atom is 0.236 e. The van der Waals surface area contributed by atoms with Gasteiger partial charge in [0.05, 0.1) is 12.2 Å². The fourth-order valence-corrected chi connectivity index (χ4v) is 4.76. The van der Waals surface area contributed by atoms with Crippen molar-refractivity contribution in [3.05, 3.63) is 51.8 Å². The Morgan fingerprint density at radius 2 is 1.89 bits per heavy atom. The maximum atomic E-state index is 12.0. The van der Waals surface area contributed by atoms with Gasteiger partial charge in [-0.3, -0.25) is 14.8 Å². The van der Waals surface area contributed by atoms with Gasteiger partial charge < -0.3 is 16.0 Å².